The highest BCUT2D eigenvalue weighted by Gasteiger charge is 1.97. The van der Waals surface area contributed by atoms with Crippen LogP contribution in [0.25, 0.3) is 0 Å². The van der Waals surface area contributed by atoms with Gasteiger partial charge in [-0.05, 0) is 36.8 Å². The second-order valence-corrected chi connectivity index (χ2v) is 4.16. The highest BCUT2D eigenvalue weighted by molar-refractivity contribution is 5.59. The number of hydrogen-bond acceptors (Lipinski definition) is 3. The number of nitrogens with one attached hydrogen (secondary N) is 1. The summed E-state index contributed by atoms with van der Waals surface area (Å²) in [4.78, 5) is 3.95. The average Bonchev–Trinajstić information content (AvgIpc) is 2.44. The van der Waals surface area contributed by atoms with Gasteiger partial charge in [-0.3, -0.25) is 10.7 Å². The number of aliphatic imine (C=N–C) groups is 1. The third-order valence-electron chi connectivity index (χ3n) is 2.60. The third-order valence-corrected chi connectivity index (χ3v) is 2.60. The minimum Gasteiger partial charge on any atom is -0.489 e. The van der Waals surface area contributed by atoms with Crippen LogP contribution in [-0.2, 0) is 6.61 Å². The van der Waals surface area contributed by atoms with Crippen molar-refractivity contribution in [1.29, 1.82) is 0 Å². The van der Waals surface area contributed by atoms with Gasteiger partial charge in [-0.15, -0.1) is 0 Å². The van der Waals surface area contributed by atoms with Crippen LogP contribution in [0.2, 0.25) is 0 Å². The molecular weight excluding hydrogens is 240 g/mol. The lowest BCUT2D eigenvalue weighted by atomic mass is 10.1. The monoisotopic (exact) mass is 256 g/mol. The Balaban J connectivity index is 1.94. The number of hydroxylamine groups is 1. The molecule has 2 aromatic rings. The zero-order chi connectivity index (χ0) is 13.5. The first kappa shape index (κ1) is 13.1. The summed E-state index contributed by atoms with van der Waals surface area (Å²) in [6.45, 7) is 2.61. The van der Waals surface area contributed by atoms with Crippen LogP contribution in [0.15, 0.2) is 53.5 Å². The molecule has 2 N–H and O–H groups in total. The standard InChI is InChI=1S/C15H16N2O2/c1-12-3-2-4-13(9-12)10-19-15-7-5-14(6-8-15)16-11-17-18/h2-9,11,18H,10H2,1H3,(H,16,17). The van der Waals surface area contributed by atoms with E-state index in [1.165, 1.54) is 11.9 Å². The number of ether oxygens (including phenoxy) is 1. The highest BCUT2D eigenvalue weighted by Crippen LogP contribution is 2.18. The number of benzene rings is 2. The molecule has 4 nitrogen and oxygen atoms in total. The molecule has 0 bridgehead atoms. The van der Waals surface area contributed by atoms with Gasteiger partial charge in [-0.25, -0.2) is 4.99 Å². The first-order valence-electron chi connectivity index (χ1n) is 5.98. The number of nitrogens with zero attached hydrogens (tertiary/aromatic N) is 1. The Labute approximate surface area is 112 Å². The second-order valence-electron chi connectivity index (χ2n) is 4.16. The molecule has 0 saturated heterocycles. The predicted molar refractivity (Wildman–Crippen MR) is 75.0 cm³/mol. The van der Waals surface area contributed by atoms with Gasteiger partial charge in [0.15, 0.2) is 0 Å². The van der Waals surface area contributed by atoms with E-state index >= 15 is 0 Å². The lowest BCUT2D eigenvalue weighted by Crippen LogP contribution is -2.00. The quantitative estimate of drug-likeness (QED) is 0.490. The third kappa shape index (κ3) is 4.12. The van der Waals surface area contributed by atoms with Crippen LogP contribution in [0, 0.1) is 6.92 Å². The molecule has 0 amide bonds. The zero-order valence-electron chi connectivity index (χ0n) is 10.7. The fraction of sp³-hybridized carbons (Fsp3) is 0.133. The maximum atomic E-state index is 8.39. The fourth-order valence-corrected chi connectivity index (χ4v) is 1.70. The highest BCUT2D eigenvalue weighted by atomic mass is 16.5. The summed E-state index contributed by atoms with van der Waals surface area (Å²) < 4.78 is 5.69. The van der Waals surface area contributed by atoms with Gasteiger partial charge in [0.2, 0.25) is 0 Å². The Morgan fingerprint density at radius 3 is 2.68 bits per heavy atom. The van der Waals surface area contributed by atoms with Crippen LogP contribution in [0.3, 0.4) is 0 Å². The van der Waals surface area contributed by atoms with Crippen molar-refractivity contribution in [3.8, 4) is 5.75 Å². The average molecular weight is 256 g/mol. The van der Waals surface area contributed by atoms with Crippen molar-refractivity contribution in [1.82, 2.24) is 5.48 Å². The van der Waals surface area contributed by atoms with Crippen LogP contribution >= 0.6 is 0 Å². The molecule has 0 heterocycles. The molecule has 2 aromatic carbocycles. The molecule has 98 valence electrons. The van der Waals surface area contributed by atoms with E-state index in [1.807, 2.05) is 41.9 Å². The first-order valence-corrected chi connectivity index (χ1v) is 5.98. The van der Waals surface area contributed by atoms with Crippen LogP contribution < -0.4 is 10.2 Å². The van der Waals surface area contributed by atoms with Gasteiger partial charge in [-0.2, -0.15) is 0 Å². The molecule has 0 aliphatic carbocycles. The molecule has 0 spiro atoms. The number of rotatable bonds is 5. The summed E-state index contributed by atoms with van der Waals surface area (Å²) in [5.74, 6) is 0.789. The Morgan fingerprint density at radius 1 is 1.21 bits per heavy atom. The molecule has 0 aliphatic rings. The van der Waals surface area contributed by atoms with E-state index in [0.29, 0.717) is 6.61 Å². The number of hydrogen-bond donors (Lipinski definition) is 2. The zero-order valence-corrected chi connectivity index (χ0v) is 10.7. The van der Waals surface area contributed by atoms with Gasteiger partial charge in [0.05, 0.1) is 5.69 Å². The van der Waals surface area contributed by atoms with E-state index < -0.39 is 0 Å². The summed E-state index contributed by atoms with van der Waals surface area (Å²) >= 11 is 0. The van der Waals surface area contributed by atoms with Gasteiger partial charge >= 0.3 is 0 Å². The fourth-order valence-electron chi connectivity index (χ4n) is 1.70. The summed E-state index contributed by atoms with van der Waals surface area (Å²) in [6.07, 6.45) is 1.21. The molecule has 2 rings (SSSR count). The van der Waals surface area contributed by atoms with Gasteiger partial charge in [-0.1, -0.05) is 29.8 Å². The van der Waals surface area contributed by atoms with Crippen molar-refractivity contribution in [2.24, 2.45) is 4.99 Å². The minimum absolute atomic E-state index is 0.544. The first-order chi connectivity index (χ1) is 9.28. The van der Waals surface area contributed by atoms with Crippen molar-refractivity contribution in [2.45, 2.75) is 13.5 Å². The van der Waals surface area contributed by atoms with E-state index in [0.717, 1.165) is 17.0 Å². The molecule has 0 aliphatic heterocycles. The molecule has 0 saturated carbocycles. The molecule has 0 atom stereocenters. The van der Waals surface area contributed by atoms with Crippen LogP contribution in [0.5, 0.6) is 5.75 Å². The van der Waals surface area contributed by atoms with Crippen LogP contribution in [0.4, 0.5) is 5.69 Å². The summed E-state index contributed by atoms with van der Waals surface area (Å²) in [5, 5.41) is 8.39. The maximum absolute atomic E-state index is 8.39. The van der Waals surface area contributed by atoms with E-state index in [2.05, 4.69) is 24.0 Å². The lowest BCUT2D eigenvalue weighted by molar-refractivity contribution is 0.240. The van der Waals surface area contributed by atoms with E-state index in [1.54, 1.807) is 0 Å². The van der Waals surface area contributed by atoms with Gasteiger partial charge in [0.1, 0.15) is 18.7 Å². The Bertz CT molecular complexity index is 550. The Hall–Kier alpha value is -2.33. The molecule has 0 unspecified atom stereocenters. The summed E-state index contributed by atoms with van der Waals surface area (Å²) in [5.41, 5.74) is 4.97. The molecule has 0 fully saturated rings. The predicted octanol–water partition coefficient (Wildman–Crippen LogP) is 3.21. The van der Waals surface area contributed by atoms with Crippen LogP contribution in [0.1, 0.15) is 11.1 Å². The minimum atomic E-state index is 0.544. The normalized spacial score (nSPS) is 10.6. The maximum Gasteiger partial charge on any atom is 0.119 e. The van der Waals surface area contributed by atoms with Crippen molar-refractivity contribution in [2.75, 3.05) is 0 Å². The van der Waals surface area contributed by atoms with Gasteiger partial charge in [0, 0.05) is 0 Å². The Morgan fingerprint density at radius 2 is 2.00 bits per heavy atom. The van der Waals surface area contributed by atoms with Gasteiger partial charge < -0.3 is 4.74 Å². The van der Waals surface area contributed by atoms with Crippen molar-refractivity contribution >= 4 is 12.0 Å². The molecular formula is C15H16N2O2. The molecule has 19 heavy (non-hydrogen) atoms. The number of aryl methyl sites for hydroxylation is 1. The van der Waals surface area contributed by atoms with Crippen LogP contribution in [-0.4, -0.2) is 11.5 Å². The topological polar surface area (TPSA) is 53.8 Å². The summed E-state index contributed by atoms with van der Waals surface area (Å²) in [6, 6.07) is 15.6. The molecule has 4 heteroatoms. The largest absolute Gasteiger partial charge is 0.489 e. The second kappa shape index (κ2) is 6.56. The van der Waals surface area contributed by atoms with Crippen molar-refractivity contribution < 1.29 is 9.94 Å². The SMILES string of the molecule is Cc1cccc(COc2ccc(N=CNO)cc2)c1. The smallest absolute Gasteiger partial charge is 0.119 e. The molecule has 0 aromatic heterocycles. The lowest BCUT2D eigenvalue weighted by Gasteiger charge is -2.07. The van der Waals surface area contributed by atoms with E-state index in [4.69, 9.17) is 9.94 Å². The van der Waals surface area contributed by atoms with Crippen molar-refractivity contribution in [3.05, 3.63) is 59.7 Å². The van der Waals surface area contributed by atoms with E-state index in [9.17, 15) is 0 Å². The van der Waals surface area contributed by atoms with Crippen molar-refractivity contribution in [3.63, 3.8) is 0 Å². The van der Waals surface area contributed by atoms with Gasteiger partial charge in [0.25, 0.3) is 0 Å². The molecule has 0 radical (unpaired) electrons. The Kier molecular flexibility index (Phi) is 4.53. The van der Waals surface area contributed by atoms with E-state index in [-0.39, 0.29) is 0 Å². The summed E-state index contributed by atoms with van der Waals surface area (Å²) in [7, 11) is 0.